The minimum absolute atomic E-state index is 0.198. The highest BCUT2D eigenvalue weighted by molar-refractivity contribution is 6.05. The van der Waals surface area contributed by atoms with Crippen LogP contribution in [0.3, 0.4) is 0 Å². The summed E-state index contributed by atoms with van der Waals surface area (Å²) in [7, 11) is 0. The predicted octanol–water partition coefficient (Wildman–Crippen LogP) is 3.10. The fourth-order valence-corrected chi connectivity index (χ4v) is 3.80. The average Bonchev–Trinajstić information content (AvgIpc) is 2.70. The first kappa shape index (κ1) is 17.3. The SMILES string of the molecule is O=C(NCCCN1CCCc2ccccc21)c1cc(=O)[nH]c2ccccc12. The molecule has 27 heavy (non-hydrogen) atoms. The molecule has 0 bridgehead atoms. The molecule has 1 aliphatic rings. The van der Waals surface area contributed by atoms with Gasteiger partial charge in [0.25, 0.3) is 5.91 Å². The van der Waals surface area contributed by atoms with Crippen LogP contribution in [0.25, 0.3) is 10.9 Å². The molecule has 0 aliphatic carbocycles. The number of carbonyl (C=O) groups excluding carboxylic acids is 1. The van der Waals surface area contributed by atoms with Crippen LogP contribution in [0.5, 0.6) is 0 Å². The smallest absolute Gasteiger partial charge is 0.252 e. The van der Waals surface area contributed by atoms with Crippen molar-refractivity contribution in [2.24, 2.45) is 0 Å². The highest BCUT2D eigenvalue weighted by Crippen LogP contribution is 2.26. The van der Waals surface area contributed by atoms with Gasteiger partial charge in [0.1, 0.15) is 0 Å². The maximum absolute atomic E-state index is 12.6. The number of hydrogen-bond donors (Lipinski definition) is 2. The van der Waals surface area contributed by atoms with Crippen LogP contribution in [0.1, 0.15) is 28.8 Å². The number of carbonyl (C=O) groups is 1. The molecule has 0 spiro atoms. The number of amides is 1. The van der Waals surface area contributed by atoms with Gasteiger partial charge in [0.05, 0.1) is 5.56 Å². The molecule has 0 saturated carbocycles. The molecule has 0 unspecified atom stereocenters. The molecule has 2 heterocycles. The van der Waals surface area contributed by atoms with Crippen molar-refractivity contribution in [1.82, 2.24) is 10.3 Å². The summed E-state index contributed by atoms with van der Waals surface area (Å²) in [4.78, 5) is 29.6. The van der Waals surface area contributed by atoms with E-state index in [0.717, 1.165) is 31.3 Å². The number of H-pyrrole nitrogens is 1. The molecule has 5 nitrogen and oxygen atoms in total. The number of aromatic amines is 1. The van der Waals surface area contributed by atoms with Crippen molar-refractivity contribution in [1.29, 1.82) is 0 Å². The number of aryl methyl sites for hydroxylation is 1. The molecule has 3 aromatic rings. The number of fused-ring (bicyclic) bond motifs is 2. The fourth-order valence-electron chi connectivity index (χ4n) is 3.80. The lowest BCUT2D eigenvalue weighted by atomic mass is 10.0. The van der Waals surface area contributed by atoms with E-state index in [1.807, 2.05) is 18.2 Å². The van der Waals surface area contributed by atoms with Gasteiger partial charge in [0.2, 0.25) is 5.56 Å². The van der Waals surface area contributed by atoms with Gasteiger partial charge in [-0.1, -0.05) is 36.4 Å². The van der Waals surface area contributed by atoms with Gasteiger partial charge in [-0.3, -0.25) is 9.59 Å². The Morgan fingerprint density at radius 2 is 1.93 bits per heavy atom. The Hall–Kier alpha value is -3.08. The quantitative estimate of drug-likeness (QED) is 0.687. The summed E-state index contributed by atoms with van der Waals surface area (Å²) in [5.74, 6) is -0.198. The van der Waals surface area contributed by atoms with Crippen LogP contribution in [0, 0.1) is 0 Å². The molecule has 1 aliphatic heterocycles. The zero-order chi connectivity index (χ0) is 18.6. The molecule has 0 saturated heterocycles. The molecule has 2 aromatic carbocycles. The van der Waals surface area contributed by atoms with Gasteiger partial charge < -0.3 is 15.2 Å². The standard InChI is InChI=1S/C22H23N3O2/c26-21-15-18(17-9-2-3-10-19(17)24-21)22(27)23-12-6-14-25-13-5-8-16-7-1-4-11-20(16)25/h1-4,7,9-11,15H,5-6,8,12-14H2,(H,23,27)(H,24,26). The highest BCUT2D eigenvalue weighted by atomic mass is 16.2. The zero-order valence-electron chi connectivity index (χ0n) is 15.2. The maximum atomic E-state index is 12.6. The summed E-state index contributed by atoms with van der Waals surface area (Å²) in [5.41, 5.74) is 3.57. The highest BCUT2D eigenvalue weighted by Gasteiger charge is 2.16. The minimum atomic E-state index is -0.260. The predicted molar refractivity (Wildman–Crippen MR) is 108 cm³/mol. The largest absolute Gasteiger partial charge is 0.371 e. The third kappa shape index (κ3) is 3.72. The van der Waals surface area contributed by atoms with E-state index in [1.165, 1.54) is 23.7 Å². The van der Waals surface area contributed by atoms with Crippen molar-refractivity contribution in [2.75, 3.05) is 24.5 Å². The molecular formula is C22H23N3O2. The summed E-state index contributed by atoms with van der Waals surface area (Å²) >= 11 is 0. The molecule has 138 valence electrons. The molecule has 2 N–H and O–H groups in total. The van der Waals surface area contributed by atoms with Crippen LogP contribution < -0.4 is 15.8 Å². The lowest BCUT2D eigenvalue weighted by Crippen LogP contribution is -2.33. The van der Waals surface area contributed by atoms with Crippen LogP contribution in [0.4, 0.5) is 5.69 Å². The van der Waals surface area contributed by atoms with E-state index in [1.54, 1.807) is 6.07 Å². The topological polar surface area (TPSA) is 65.2 Å². The van der Waals surface area contributed by atoms with Crippen molar-refractivity contribution in [3.63, 3.8) is 0 Å². The lowest BCUT2D eigenvalue weighted by molar-refractivity contribution is 0.0955. The van der Waals surface area contributed by atoms with Gasteiger partial charge in [-0.05, 0) is 37.0 Å². The number of hydrogen-bond acceptors (Lipinski definition) is 3. The molecule has 0 fully saturated rings. The second-order valence-corrected chi connectivity index (χ2v) is 6.92. The first-order valence-corrected chi connectivity index (χ1v) is 9.45. The van der Waals surface area contributed by atoms with Crippen LogP contribution in [-0.4, -0.2) is 30.5 Å². The molecule has 0 radical (unpaired) electrons. The fraction of sp³-hybridized carbons (Fsp3) is 0.273. The van der Waals surface area contributed by atoms with Gasteiger partial charge in [-0.2, -0.15) is 0 Å². The molecular weight excluding hydrogens is 338 g/mol. The van der Waals surface area contributed by atoms with Gasteiger partial charge in [-0.25, -0.2) is 0 Å². The summed E-state index contributed by atoms with van der Waals surface area (Å²) in [6.45, 7) is 2.55. The van der Waals surface area contributed by atoms with Gasteiger partial charge in [0, 0.05) is 42.3 Å². The number of pyridine rings is 1. The number of rotatable bonds is 5. The van der Waals surface area contributed by atoms with Crippen LogP contribution in [-0.2, 0) is 6.42 Å². The third-order valence-electron chi connectivity index (χ3n) is 5.09. The number of aromatic nitrogens is 1. The van der Waals surface area contributed by atoms with Crippen molar-refractivity contribution in [3.05, 3.63) is 76.1 Å². The minimum Gasteiger partial charge on any atom is -0.371 e. The summed E-state index contributed by atoms with van der Waals surface area (Å²) in [6.07, 6.45) is 3.17. The van der Waals surface area contributed by atoms with Gasteiger partial charge >= 0.3 is 0 Å². The van der Waals surface area contributed by atoms with E-state index in [2.05, 4.69) is 39.5 Å². The van der Waals surface area contributed by atoms with Gasteiger partial charge in [-0.15, -0.1) is 0 Å². The number of nitrogens with one attached hydrogen (secondary N) is 2. The number of para-hydroxylation sites is 2. The Balaban J connectivity index is 1.38. The number of benzene rings is 2. The first-order valence-electron chi connectivity index (χ1n) is 9.45. The zero-order valence-corrected chi connectivity index (χ0v) is 15.2. The second kappa shape index (κ2) is 7.66. The van der Waals surface area contributed by atoms with E-state index in [9.17, 15) is 9.59 Å². The van der Waals surface area contributed by atoms with E-state index < -0.39 is 0 Å². The van der Waals surface area contributed by atoms with Crippen molar-refractivity contribution < 1.29 is 4.79 Å². The number of nitrogens with zero attached hydrogens (tertiary/aromatic N) is 1. The Kier molecular flexibility index (Phi) is 4.92. The van der Waals surface area contributed by atoms with Crippen molar-refractivity contribution in [3.8, 4) is 0 Å². The van der Waals surface area contributed by atoms with Crippen molar-refractivity contribution in [2.45, 2.75) is 19.3 Å². The Bertz CT molecular complexity index is 1030. The number of anilines is 1. The third-order valence-corrected chi connectivity index (χ3v) is 5.09. The summed E-state index contributed by atoms with van der Waals surface area (Å²) < 4.78 is 0. The second-order valence-electron chi connectivity index (χ2n) is 6.92. The molecule has 5 heteroatoms. The Morgan fingerprint density at radius 1 is 1.11 bits per heavy atom. The molecule has 1 amide bonds. The van der Waals surface area contributed by atoms with Crippen LogP contribution >= 0.6 is 0 Å². The van der Waals surface area contributed by atoms with E-state index >= 15 is 0 Å². The normalized spacial score (nSPS) is 13.4. The van der Waals surface area contributed by atoms with Crippen LogP contribution in [0.2, 0.25) is 0 Å². The first-order chi connectivity index (χ1) is 13.2. The van der Waals surface area contributed by atoms with Gasteiger partial charge in [0.15, 0.2) is 0 Å². The Morgan fingerprint density at radius 3 is 2.85 bits per heavy atom. The lowest BCUT2D eigenvalue weighted by Gasteiger charge is -2.31. The maximum Gasteiger partial charge on any atom is 0.252 e. The van der Waals surface area contributed by atoms with E-state index in [4.69, 9.17) is 0 Å². The van der Waals surface area contributed by atoms with Crippen molar-refractivity contribution >= 4 is 22.5 Å². The van der Waals surface area contributed by atoms with E-state index in [-0.39, 0.29) is 11.5 Å². The Labute approximate surface area is 158 Å². The van der Waals surface area contributed by atoms with E-state index in [0.29, 0.717) is 17.6 Å². The summed E-state index contributed by atoms with van der Waals surface area (Å²) in [5, 5.41) is 3.73. The molecule has 4 rings (SSSR count). The average molecular weight is 361 g/mol. The monoisotopic (exact) mass is 361 g/mol. The molecule has 1 aromatic heterocycles. The summed E-state index contributed by atoms with van der Waals surface area (Å²) in [6, 6.07) is 17.3. The molecule has 0 atom stereocenters. The van der Waals surface area contributed by atoms with Crippen LogP contribution in [0.15, 0.2) is 59.4 Å².